The largest absolute Gasteiger partial charge is 0.497 e. The number of aliphatic hydroxyl groups is 2. The Morgan fingerprint density at radius 3 is 2.62 bits per heavy atom. The van der Waals surface area contributed by atoms with Crippen molar-refractivity contribution in [2.45, 2.75) is 6.10 Å². The molecular weight excluding hydrogens is 332 g/mol. The van der Waals surface area contributed by atoms with Crippen molar-refractivity contribution in [3.05, 3.63) is 60.2 Å². The number of pyridine rings is 1. The number of para-hydroxylation sites is 1. The van der Waals surface area contributed by atoms with E-state index in [1.54, 1.807) is 13.2 Å². The molecule has 3 rings (SSSR count). The van der Waals surface area contributed by atoms with Crippen LogP contribution in [0.25, 0.3) is 22.2 Å². The van der Waals surface area contributed by atoms with Gasteiger partial charge in [-0.1, -0.05) is 18.2 Å². The van der Waals surface area contributed by atoms with E-state index in [1.165, 1.54) is 0 Å². The number of rotatable bonds is 6. The zero-order valence-corrected chi connectivity index (χ0v) is 14.3. The molecule has 3 N–H and O–H groups in total. The third-order valence-electron chi connectivity index (χ3n) is 4.06. The van der Waals surface area contributed by atoms with E-state index in [1.807, 2.05) is 48.5 Å². The Balaban J connectivity index is 2.01. The highest BCUT2D eigenvalue weighted by Crippen LogP contribution is 2.26. The average molecular weight is 352 g/mol. The highest BCUT2D eigenvalue weighted by Gasteiger charge is 2.15. The van der Waals surface area contributed by atoms with E-state index in [0.29, 0.717) is 16.8 Å². The standard InChI is InChI=1S/C20H20N2O4/c1-26-15-8-6-13(7-9-15)19-10-17(20(25)21-11-14(24)12-23)16-4-2-3-5-18(16)22-19/h2-10,14,23-24H,11-12H2,1H3,(H,21,25). The number of nitrogens with one attached hydrogen (secondary N) is 1. The van der Waals surface area contributed by atoms with Crippen molar-refractivity contribution < 1.29 is 19.7 Å². The highest BCUT2D eigenvalue weighted by molar-refractivity contribution is 6.07. The van der Waals surface area contributed by atoms with Gasteiger partial charge in [0.15, 0.2) is 0 Å². The molecule has 0 spiro atoms. The molecule has 0 bridgehead atoms. The predicted molar refractivity (Wildman–Crippen MR) is 99.2 cm³/mol. The van der Waals surface area contributed by atoms with Gasteiger partial charge in [0, 0.05) is 17.5 Å². The number of aliphatic hydroxyl groups excluding tert-OH is 2. The third kappa shape index (κ3) is 3.82. The van der Waals surface area contributed by atoms with Crippen LogP contribution in [0.3, 0.4) is 0 Å². The van der Waals surface area contributed by atoms with Gasteiger partial charge >= 0.3 is 0 Å². The van der Waals surface area contributed by atoms with Gasteiger partial charge < -0.3 is 20.3 Å². The lowest BCUT2D eigenvalue weighted by atomic mass is 10.0. The maximum Gasteiger partial charge on any atom is 0.252 e. The number of ether oxygens (including phenoxy) is 1. The van der Waals surface area contributed by atoms with Gasteiger partial charge in [0.05, 0.1) is 36.6 Å². The number of methoxy groups -OCH3 is 1. The first kappa shape index (κ1) is 17.8. The number of nitrogens with zero attached hydrogens (tertiary/aromatic N) is 1. The third-order valence-corrected chi connectivity index (χ3v) is 4.06. The number of hydrogen-bond acceptors (Lipinski definition) is 5. The lowest BCUT2D eigenvalue weighted by Crippen LogP contribution is -2.34. The van der Waals surface area contributed by atoms with E-state index in [-0.39, 0.29) is 12.5 Å². The van der Waals surface area contributed by atoms with E-state index in [2.05, 4.69) is 10.3 Å². The number of fused-ring (bicyclic) bond motifs is 1. The maximum absolute atomic E-state index is 12.6. The average Bonchev–Trinajstić information content (AvgIpc) is 2.70. The van der Waals surface area contributed by atoms with Crippen LogP contribution in [0.1, 0.15) is 10.4 Å². The Kier molecular flexibility index (Phi) is 5.46. The topological polar surface area (TPSA) is 91.7 Å². The molecule has 0 fully saturated rings. The van der Waals surface area contributed by atoms with Crippen molar-refractivity contribution in [2.75, 3.05) is 20.3 Å². The van der Waals surface area contributed by atoms with Crippen LogP contribution in [-0.2, 0) is 0 Å². The minimum Gasteiger partial charge on any atom is -0.497 e. The Labute approximate surface area is 151 Å². The Morgan fingerprint density at radius 2 is 1.92 bits per heavy atom. The van der Waals surface area contributed by atoms with Gasteiger partial charge in [-0.15, -0.1) is 0 Å². The van der Waals surface area contributed by atoms with Gasteiger partial charge in [0.25, 0.3) is 5.91 Å². The summed E-state index contributed by atoms with van der Waals surface area (Å²) < 4.78 is 5.17. The second kappa shape index (κ2) is 7.95. The summed E-state index contributed by atoms with van der Waals surface area (Å²) in [7, 11) is 1.60. The van der Waals surface area contributed by atoms with Crippen LogP contribution >= 0.6 is 0 Å². The monoisotopic (exact) mass is 352 g/mol. The summed E-state index contributed by atoms with van der Waals surface area (Å²) in [6.45, 7) is -0.432. The molecule has 134 valence electrons. The molecule has 1 aromatic heterocycles. The maximum atomic E-state index is 12.6. The number of hydrogen-bond donors (Lipinski definition) is 3. The van der Waals surface area contributed by atoms with Crippen molar-refractivity contribution >= 4 is 16.8 Å². The molecular formula is C20H20N2O4. The van der Waals surface area contributed by atoms with Gasteiger partial charge in [0.1, 0.15) is 5.75 Å². The number of benzene rings is 2. The van der Waals surface area contributed by atoms with Crippen molar-refractivity contribution in [3.63, 3.8) is 0 Å². The minimum absolute atomic E-state index is 0.0240. The second-order valence-corrected chi connectivity index (χ2v) is 5.85. The van der Waals surface area contributed by atoms with Gasteiger partial charge in [-0.25, -0.2) is 4.98 Å². The smallest absolute Gasteiger partial charge is 0.252 e. The molecule has 0 aliphatic carbocycles. The van der Waals surface area contributed by atoms with Gasteiger partial charge in [0.2, 0.25) is 0 Å². The molecule has 0 aliphatic heterocycles. The summed E-state index contributed by atoms with van der Waals surface area (Å²) in [5.41, 5.74) is 2.69. The van der Waals surface area contributed by atoms with Gasteiger partial charge in [-0.3, -0.25) is 4.79 Å². The molecule has 1 amide bonds. The molecule has 1 atom stereocenters. The number of aromatic nitrogens is 1. The summed E-state index contributed by atoms with van der Waals surface area (Å²) in [5, 5.41) is 21.7. The Hall–Kier alpha value is -2.96. The summed E-state index contributed by atoms with van der Waals surface area (Å²) in [5.74, 6) is 0.413. The Bertz CT molecular complexity index is 909. The first-order chi connectivity index (χ1) is 12.6. The molecule has 26 heavy (non-hydrogen) atoms. The molecule has 3 aromatic rings. The lowest BCUT2D eigenvalue weighted by molar-refractivity contribution is 0.0803. The van der Waals surface area contributed by atoms with Crippen LogP contribution in [0.2, 0.25) is 0 Å². The van der Waals surface area contributed by atoms with Gasteiger partial charge in [-0.2, -0.15) is 0 Å². The molecule has 0 saturated heterocycles. The molecule has 6 heteroatoms. The zero-order chi connectivity index (χ0) is 18.5. The van der Waals surface area contributed by atoms with Crippen LogP contribution in [-0.4, -0.2) is 47.5 Å². The van der Waals surface area contributed by atoms with Crippen LogP contribution in [0, 0.1) is 0 Å². The molecule has 0 aliphatic rings. The summed E-state index contributed by atoms with van der Waals surface area (Å²) in [6, 6.07) is 16.6. The molecule has 1 heterocycles. The van der Waals surface area contributed by atoms with Crippen molar-refractivity contribution in [3.8, 4) is 17.0 Å². The number of amides is 1. The summed E-state index contributed by atoms with van der Waals surface area (Å²) in [4.78, 5) is 17.3. The fourth-order valence-corrected chi connectivity index (χ4v) is 2.64. The van der Waals surface area contributed by atoms with Crippen LogP contribution < -0.4 is 10.1 Å². The quantitative estimate of drug-likeness (QED) is 0.631. The minimum atomic E-state index is -0.992. The van der Waals surface area contributed by atoms with Gasteiger partial charge in [-0.05, 0) is 36.4 Å². The molecule has 2 aromatic carbocycles. The van der Waals surface area contributed by atoms with Crippen molar-refractivity contribution in [1.29, 1.82) is 0 Å². The lowest BCUT2D eigenvalue weighted by Gasteiger charge is -2.12. The SMILES string of the molecule is COc1ccc(-c2cc(C(=O)NCC(O)CO)c3ccccc3n2)cc1. The van der Waals surface area contributed by atoms with E-state index in [0.717, 1.165) is 16.7 Å². The number of carbonyl (C=O) groups excluding carboxylic acids is 1. The second-order valence-electron chi connectivity index (χ2n) is 5.85. The van der Waals surface area contributed by atoms with E-state index >= 15 is 0 Å². The molecule has 0 radical (unpaired) electrons. The molecule has 6 nitrogen and oxygen atoms in total. The van der Waals surface area contributed by atoms with Crippen LogP contribution in [0.4, 0.5) is 0 Å². The van der Waals surface area contributed by atoms with E-state index in [4.69, 9.17) is 9.84 Å². The summed E-state index contributed by atoms with van der Waals surface area (Å²) in [6.07, 6.45) is -0.992. The first-order valence-corrected chi connectivity index (χ1v) is 8.23. The Morgan fingerprint density at radius 1 is 1.19 bits per heavy atom. The fourth-order valence-electron chi connectivity index (χ4n) is 2.64. The highest BCUT2D eigenvalue weighted by atomic mass is 16.5. The first-order valence-electron chi connectivity index (χ1n) is 8.23. The zero-order valence-electron chi connectivity index (χ0n) is 14.3. The normalized spacial score (nSPS) is 12.0. The van der Waals surface area contributed by atoms with Crippen molar-refractivity contribution in [2.24, 2.45) is 0 Å². The van der Waals surface area contributed by atoms with E-state index in [9.17, 15) is 9.90 Å². The molecule has 1 unspecified atom stereocenters. The molecule has 0 saturated carbocycles. The predicted octanol–water partition coefficient (Wildman–Crippen LogP) is 1.99. The fraction of sp³-hybridized carbons (Fsp3) is 0.200. The number of carbonyl (C=O) groups is 1. The van der Waals surface area contributed by atoms with Crippen molar-refractivity contribution in [1.82, 2.24) is 10.3 Å². The van der Waals surface area contributed by atoms with Crippen LogP contribution in [0.15, 0.2) is 54.6 Å². The van der Waals surface area contributed by atoms with E-state index < -0.39 is 12.7 Å². The van der Waals surface area contributed by atoms with Crippen LogP contribution in [0.5, 0.6) is 5.75 Å². The summed E-state index contributed by atoms with van der Waals surface area (Å²) >= 11 is 0.